The molecule has 6 heteroatoms. The van der Waals surface area contributed by atoms with Crippen LogP contribution >= 0.6 is 0 Å². The second kappa shape index (κ2) is 8.27. The maximum Gasteiger partial charge on any atom is 0.161 e. The number of carbonyl (C=O) groups excluding carboxylic acids is 1. The van der Waals surface area contributed by atoms with Crippen LogP contribution in [-0.4, -0.2) is 51.2 Å². The molecule has 2 aromatic carbocycles. The average molecular weight is 395 g/mol. The van der Waals surface area contributed by atoms with Crippen LogP contribution in [0.15, 0.2) is 46.9 Å². The van der Waals surface area contributed by atoms with E-state index in [1.807, 2.05) is 30.3 Å². The molecule has 1 fully saturated rings. The van der Waals surface area contributed by atoms with Crippen molar-refractivity contribution in [2.24, 2.45) is 0 Å². The molecule has 0 saturated carbocycles. The first kappa shape index (κ1) is 19.5. The van der Waals surface area contributed by atoms with E-state index >= 15 is 0 Å². The Morgan fingerprint density at radius 3 is 2.69 bits per heavy atom. The van der Waals surface area contributed by atoms with E-state index in [1.54, 1.807) is 21.1 Å². The van der Waals surface area contributed by atoms with Gasteiger partial charge in [0.15, 0.2) is 11.5 Å². The molecule has 2 heterocycles. The van der Waals surface area contributed by atoms with Crippen molar-refractivity contribution in [2.45, 2.75) is 13.0 Å². The first-order valence-electron chi connectivity index (χ1n) is 9.66. The smallest absolute Gasteiger partial charge is 0.161 e. The summed E-state index contributed by atoms with van der Waals surface area (Å²) in [5.41, 5.74) is 2.85. The molecule has 6 nitrogen and oxygen atoms in total. The van der Waals surface area contributed by atoms with E-state index in [4.69, 9.17) is 18.6 Å². The molecule has 0 spiro atoms. The number of carbonyl (C=O) groups is 1. The first-order chi connectivity index (χ1) is 14.1. The molecule has 0 N–H and O–H groups in total. The lowest BCUT2D eigenvalue weighted by Gasteiger charge is -2.35. The van der Waals surface area contributed by atoms with Crippen LogP contribution in [0.25, 0.3) is 22.3 Å². The van der Waals surface area contributed by atoms with E-state index in [9.17, 15) is 4.79 Å². The number of nitrogens with zero attached hydrogens (tertiary/aromatic N) is 1. The number of rotatable bonds is 6. The fraction of sp³-hybridized carbons (Fsp3) is 0.348. The second-order valence-electron chi connectivity index (χ2n) is 7.24. The summed E-state index contributed by atoms with van der Waals surface area (Å²) >= 11 is 0. The van der Waals surface area contributed by atoms with Crippen molar-refractivity contribution in [3.8, 4) is 22.8 Å². The minimum Gasteiger partial charge on any atom is -0.493 e. The zero-order chi connectivity index (χ0) is 20.4. The van der Waals surface area contributed by atoms with Gasteiger partial charge in [-0.15, -0.1) is 0 Å². The summed E-state index contributed by atoms with van der Waals surface area (Å²) < 4.78 is 22.5. The quantitative estimate of drug-likeness (QED) is 0.627. The number of morpholine rings is 1. The molecule has 3 aromatic rings. The lowest BCUT2D eigenvalue weighted by Crippen LogP contribution is -2.41. The normalized spacial score (nSPS) is 17.4. The average Bonchev–Trinajstić information content (AvgIpc) is 3.16. The molecule has 1 aromatic heterocycles. The van der Waals surface area contributed by atoms with Gasteiger partial charge in [-0.3, -0.25) is 9.69 Å². The molecule has 1 aliphatic rings. The summed E-state index contributed by atoms with van der Waals surface area (Å²) in [4.78, 5) is 13.8. The van der Waals surface area contributed by atoms with Gasteiger partial charge in [0.25, 0.3) is 0 Å². The van der Waals surface area contributed by atoms with Crippen LogP contribution < -0.4 is 9.47 Å². The fourth-order valence-electron chi connectivity index (χ4n) is 3.82. The Morgan fingerprint density at radius 2 is 1.93 bits per heavy atom. The Bertz CT molecular complexity index is 1030. The number of methoxy groups -OCH3 is 2. The van der Waals surface area contributed by atoms with Gasteiger partial charge in [-0.05, 0) is 48.9 Å². The number of fused-ring (bicyclic) bond motifs is 1. The van der Waals surface area contributed by atoms with Crippen molar-refractivity contribution in [1.29, 1.82) is 0 Å². The van der Waals surface area contributed by atoms with Crippen LogP contribution in [0.4, 0.5) is 0 Å². The molecule has 0 radical (unpaired) electrons. The highest BCUT2D eigenvalue weighted by Gasteiger charge is 2.26. The molecule has 0 aliphatic carbocycles. The lowest BCUT2D eigenvalue weighted by molar-refractivity contribution is -0.120. The lowest BCUT2D eigenvalue weighted by atomic mass is 10.0. The molecule has 1 saturated heterocycles. The van der Waals surface area contributed by atoms with Crippen LogP contribution in [0.2, 0.25) is 0 Å². The van der Waals surface area contributed by atoms with Crippen molar-refractivity contribution < 1.29 is 23.4 Å². The number of benzene rings is 2. The van der Waals surface area contributed by atoms with Gasteiger partial charge in [-0.25, -0.2) is 0 Å². The van der Waals surface area contributed by atoms with Crippen molar-refractivity contribution in [1.82, 2.24) is 4.90 Å². The van der Waals surface area contributed by atoms with Crippen molar-refractivity contribution in [2.75, 3.05) is 40.5 Å². The van der Waals surface area contributed by atoms with Gasteiger partial charge in [-0.1, -0.05) is 6.07 Å². The zero-order valence-electron chi connectivity index (χ0n) is 16.9. The molecule has 4 rings (SSSR count). The molecule has 1 unspecified atom stereocenters. The largest absolute Gasteiger partial charge is 0.493 e. The third kappa shape index (κ3) is 3.99. The topological polar surface area (TPSA) is 61.1 Å². The Hall–Kier alpha value is -2.83. The first-order valence-corrected chi connectivity index (χ1v) is 9.66. The molecular weight excluding hydrogens is 370 g/mol. The Balaban J connectivity index is 1.66. The summed E-state index contributed by atoms with van der Waals surface area (Å²) in [6.07, 6.45) is 0. The second-order valence-corrected chi connectivity index (χ2v) is 7.24. The summed E-state index contributed by atoms with van der Waals surface area (Å²) in [6.45, 7) is 4.06. The predicted molar refractivity (Wildman–Crippen MR) is 111 cm³/mol. The molecule has 29 heavy (non-hydrogen) atoms. The number of ketones is 1. The molecule has 1 atom stereocenters. The SMILES string of the molecule is COc1ccc(-c2cc3cc(C4COCCN4CC(C)=O)ccc3o2)cc1OC. The van der Waals surface area contributed by atoms with Gasteiger partial charge < -0.3 is 18.6 Å². The van der Waals surface area contributed by atoms with Crippen molar-refractivity contribution in [3.05, 3.63) is 48.0 Å². The van der Waals surface area contributed by atoms with Gasteiger partial charge in [0.05, 0.1) is 40.0 Å². The summed E-state index contributed by atoms with van der Waals surface area (Å²) in [5.74, 6) is 2.26. The Kier molecular flexibility index (Phi) is 5.56. The number of ether oxygens (including phenoxy) is 3. The third-order valence-electron chi connectivity index (χ3n) is 5.26. The highest BCUT2D eigenvalue weighted by Crippen LogP contribution is 2.36. The van der Waals surface area contributed by atoms with Crippen molar-refractivity contribution >= 4 is 16.8 Å². The van der Waals surface area contributed by atoms with E-state index in [2.05, 4.69) is 17.0 Å². The van der Waals surface area contributed by atoms with Crippen LogP contribution in [0.1, 0.15) is 18.5 Å². The van der Waals surface area contributed by atoms with Gasteiger partial charge in [0.2, 0.25) is 0 Å². The number of Topliss-reactive ketones (excluding diaryl/α,β-unsaturated/α-hetero) is 1. The van der Waals surface area contributed by atoms with Crippen LogP contribution in [0.5, 0.6) is 11.5 Å². The molecule has 0 amide bonds. The van der Waals surface area contributed by atoms with E-state index in [-0.39, 0.29) is 11.8 Å². The van der Waals surface area contributed by atoms with E-state index in [0.29, 0.717) is 31.3 Å². The van der Waals surface area contributed by atoms with Gasteiger partial charge in [0.1, 0.15) is 17.1 Å². The maximum absolute atomic E-state index is 11.6. The number of hydrogen-bond acceptors (Lipinski definition) is 6. The third-order valence-corrected chi connectivity index (χ3v) is 5.26. The molecule has 1 aliphatic heterocycles. The minimum absolute atomic E-state index is 0.0662. The maximum atomic E-state index is 11.6. The Morgan fingerprint density at radius 1 is 1.10 bits per heavy atom. The number of furan rings is 1. The zero-order valence-corrected chi connectivity index (χ0v) is 16.9. The van der Waals surface area contributed by atoms with Gasteiger partial charge >= 0.3 is 0 Å². The van der Waals surface area contributed by atoms with Gasteiger partial charge in [0, 0.05) is 17.5 Å². The predicted octanol–water partition coefficient (Wildman–Crippen LogP) is 4.08. The van der Waals surface area contributed by atoms with Crippen molar-refractivity contribution in [3.63, 3.8) is 0 Å². The summed E-state index contributed by atoms with van der Waals surface area (Å²) in [7, 11) is 3.23. The highest BCUT2D eigenvalue weighted by molar-refractivity contribution is 5.84. The van der Waals surface area contributed by atoms with E-state index in [1.165, 1.54) is 0 Å². The van der Waals surface area contributed by atoms with Crippen LogP contribution in [-0.2, 0) is 9.53 Å². The Labute approximate surface area is 170 Å². The van der Waals surface area contributed by atoms with Crippen LogP contribution in [0.3, 0.4) is 0 Å². The fourth-order valence-corrected chi connectivity index (χ4v) is 3.82. The monoisotopic (exact) mass is 395 g/mol. The molecule has 152 valence electrons. The number of hydrogen-bond donors (Lipinski definition) is 0. The van der Waals surface area contributed by atoms with Crippen LogP contribution in [0, 0.1) is 0 Å². The molecular formula is C23H25NO5. The summed E-state index contributed by atoms with van der Waals surface area (Å²) in [6, 6.07) is 14.0. The van der Waals surface area contributed by atoms with E-state index in [0.717, 1.165) is 34.4 Å². The molecule has 0 bridgehead atoms. The summed E-state index contributed by atoms with van der Waals surface area (Å²) in [5, 5.41) is 1.01. The van der Waals surface area contributed by atoms with Gasteiger partial charge in [-0.2, -0.15) is 0 Å². The minimum atomic E-state index is 0.0662. The van der Waals surface area contributed by atoms with E-state index < -0.39 is 0 Å². The highest BCUT2D eigenvalue weighted by atomic mass is 16.5. The standard InChI is InChI=1S/C23H25NO5/c1-15(25)13-24-8-9-28-14-19(24)16-4-6-20-18(10-16)12-22(29-20)17-5-7-21(26-2)23(11-17)27-3/h4-7,10-12,19H,8-9,13-14H2,1-3H3.